The fraction of sp³-hybridized carbons (Fsp3) is 0.500. The number of carbonyl (C=O) groups excluding carboxylic acids is 2. The number of piperidine rings is 1. The number of para-hydroxylation sites is 2. The van der Waals surface area contributed by atoms with E-state index >= 15 is 0 Å². The standard InChI is InChI=1S/C18H23N3O3/c1-3-24-18(23)14-8-10-20(11-9-14)17(22)12-21-13(2)19-15-6-4-5-7-16(15)21/h4-7,14H,3,8-12H2,1-2H3. The summed E-state index contributed by atoms with van der Waals surface area (Å²) in [4.78, 5) is 30.7. The Morgan fingerprint density at radius 3 is 2.67 bits per heavy atom. The molecule has 1 aromatic heterocycles. The molecule has 6 nitrogen and oxygen atoms in total. The second-order valence-corrected chi connectivity index (χ2v) is 6.14. The Morgan fingerprint density at radius 2 is 1.96 bits per heavy atom. The van der Waals surface area contributed by atoms with Gasteiger partial charge in [0.15, 0.2) is 0 Å². The van der Waals surface area contributed by atoms with Crippen LogP contribution in [-0.2, 0) is 20.9 Å². The smallest absolute Gasteiger partial charge is 0.309 e. The maximum atomic E-state index is 12.6. The van der Waals surface area contributed by atoms with Crippen molar-refractivity contribution < 1.29 is 14.3 Å². The zero-order valence-corrected chi connectivity index (χ0v) is 14.2. The van der Waals surface area contributed by atoms with Gasteiger partial charge in [-0.2, -0.15) is 0 Å². The number of nitrogens with zero attached hydrogens (tertiary/aromatic N) is 3. The van der Waals surface area contributed by atoms with Crippen LogP contribution in [0.25, 0.3) is 11.0 Å². The molecule has 1 saturated heterocycles. The maximum absolute atomic E-state index is 12.6. The van der Waals surface area contributed by atoms with E-state index in [0.29, 0.717) is 32.5 Å². The van der Waals surface area contributed by atoms with Crippen LogP contribution in [0.5, 0.6) is 0 Å². The summed E-state index contributed by atoms with van der Waals surface area (Å²) in [6.45, 7) is 5.64. The summed E-state index contributed by atoms with van der Waals surface area (Å²) in [5.74, 6) is 0.695. The molecule has 0 spiro atoms. The van der Waals surface area contributed by atoms with Gasteiger partial charge < -0.3 is 14.2 Å². The lowest BCUT2D eigenvalue weighted by atomic mass is 9.97. The molecule has 0 unspecified atom stereocenters. The second kappa shape index (κ2) is 7.03. The van der Waals surface area contributed by atoms with Crippen molar-refractivity contribution in [3.63, 3.8) is 0 Å². The molecule has 128 valence electrons. The van der Waals surface area contributed by atoms with E-state index < -0.39 is 0 Å². The summed E-state index contributed by atoms with van der Waals surface area (Å²) in [6, 6.07) is 7.83. The van der Waals surface area contributed by atoms with Crippen LogP contribution in [-0.4, -0.2) is 46.0 Å². The van der Waals surface area contributed by atoms with Crippen molar-refractivity contribution in [2.45, 2.75) is 33.2 Å². The molecule has 1 aromatic carbocycles. The number of hydrogen-bond donors (Lipinski definition) is 0. The van der Waals surface area contributed by atoms with E-state index in [0.717, 1.165) is 16.9 Å². The summed E-state index contributed by atoms with van der Waals surface area (Å²) in [5, 5.41) is 0. The minimum Gasteiger partial charge on any atom is -0.466 e. The fourth-order valence-corrected chi connectivity index (χ4v) is 3.26. The largest absolute Gasteiger partial charge is 0.466 e. The number of fused-ring (bicyclic) bond motifs is 1. The summed E-state index contributed by atoms with van der Waals surface area (Å²) >= 11 is 0. The van der Waals surface area contributed by atoms with Crippen LogP contribution in [0.4, 0.5) is 0 Å². The zero-order chi connectivity index (χ0) is 17.1. The van der Waals surface area contributed by atoms with Crippen LogP contribution >= 0.6 is 0 Å². The molecule has 2 heterocycles. The highest BCUT2D eigenvalue weighted by molar-refractivity contribution is 5.81. The lowest BCUT2D eigenvalue weighted by Crippen LogP contribution is -2.42. The average molecular weight is 329 g/mol. The highest BCUT2D eigenvalue weighted by Crippen LogP contribution is 2.20. The number of imidazole rings is 1. The molecule has 0 aliphatic carbocycles. The lowest BCUT2D eigenvalue weighted by molar-refractivity contribution is -0.151. The first-order chi connectivity index (χ1) is 11.6. The van der Waals surface area contributed by atoms with Gasteiger partial charge in [-0.15, -0.1) is 0 Å². The van der Waals surface area contributed by atoms with Crippen molar-refractivity contribution in [1.29, 1.82) is 0 Å². The molecule has 6 heteroatoms. The van der Waals surface area contributed by atoms with Crippen LogP contribution in [0.15, 0.2) is 24.3 Å². The average Bonchev–Trinajstić information content (AvgIpc) is 2.91. The first-order valence-corrected chi connectivity index (χ1v) is 8.46. The molecule has 0 bridgehead atoms. The van der Waals surface area contributed by atoms with Crippen LogP contribution in [0.2, 0.25) is 0 Å². The van der Waals surface area contributed by atoms with Crippen LogP contribution in [0.1, 0.15) is 25.6 Å². The van der Waals surface area contributed by atoms with Crippen molar-refractivity contribution in [3.8, 4) is 0 Å². The Hall–Kier alpha value is -2.37. The minimum atomic E-state index is -0.138. The molecule has 1 aliphatic heterocycles. The normalized spacial score (nSPS) is 15.7. The number of aryl methyl sites for hydroxylation is 1. The van der Waals surface area contributed by atoms with Gasteiger partial charge >= 0.3 is 5.97 Å². The summed E-state index contributed by atoms with van der Waals surface area (Å²) < 4.78 is 7.02. The Bertz CT molecular complexity index is 745. The molecule has 3 rings (SSSR count). The SMILES string of the molecule is CCOC(=O)C1CCN(C(=O)Cn2c(C)nc3ccccc32)CC1. The predicted molar refractivity (Wildman–Crippen MR) is 90.4 cm³/mol. The second-order valence-electron chi connectivity index (χ2n) is 6.14. The summed E-state index contributed by atoms with van der Waals surface area (Å²) in [5.41, 5.74) is 1.88. The number of benzene rings is 1. The monoisotopic (exact) mass is 329 g/mol. The third-order valence-electron chi connectivity index (χ3n) is 4.61. The van der Waals surface area contributed by atoms with Gasteiger partial charge in [-0.3, -0.25) is 9.59 Å². The number of esters is 1. The third kappa shape index (κ3) is 3.27. The van der Waals surface area contributed by atoms with E-state index in [1.165, 1.54) is 0 Å². The number of amides is 1. The molecule has 24 heavy (non-hydrogen) atoms. The van der Waals surface area contributed by atoms with Gasteiger partial charge in [-0.1, -0.05) is 12.1 Å². The number of carbonyl (C=O) groups is 2. The topological polar surface area (TPSA) is 64.4 Å². The molecule has 1 aliphatic rings. The minimum absolute atomic E-state index is 0.0727. The van der Waals surface area contributed by atoms with Crippen LogP contribution in [0, 0.1) is 12.8 Å². The van der Waals surface area contributed by atoms with E-state index in [1.807, 2.05) is 47.6 Å². The fourth-order valence-electron chi connectivity index (χ4n) is 3.26. The lowest BCUT2D eigenvalue weighted by Gasteiger charge is -2.31. The van der Waals surface area contributed by atoms with E-state index in [-0.39, 0.29) is 24.3 Å². The maximum Gasteiger partial charge on any atom is 0.309 e. The molecule has 1 fully saturated rings. The molecular weight excluding hydrogens is 306 g/mol. The van der Waals surface area contributed by atoms with Crippen molar-refractivity contribution in [2.75, 3.05) is 19.7 Å². The zero-order valence-electron chi connectivity index (χ0n) is 14.2. The van der Waals surface area contributed by atoms with Crippen LogP contribution in [0.3, 0.4) is 0 Å². The molecule has 2 aromatic rings. The van der Waals surface area contributed by atoms with E-state index in [2.05, 4.69) is 4.98 Å². The van der Waals surface area contributed by atoms with Crippen molar-refractivity contribution in [1.82, 2.24) is 14.5 Å². The molecule has 1 amide bonds. The van der Waals surface area contributed by atoms with Gasteiger partial charge in [-0.25, -0.2) is 4.98 Å². The van der Waals surface area contributed by atoms with E-state index in [9.17, 15) is 9.59 Å². The van der Waals surface area contributed by atoms with Gasteiger partial charge in [-0.05, 0) is 38.8 Å². The molecule has 0 saturated carbocycles. The Kier molecular flexibility index (Phi) is 4.83. The van der Waals surface area contributed by atoms with Crippen LogP contribution < -0.4 is 0 Å². The van der Waals surface area contributed by atoms with E-state index in [1.54, 1.807) is 0 Å². The number of aromatic nitrogens is 2. The van der Waals surface area contributed by atoms with Gasteiger partial charge in [0.05, 0.1) is 23.6 Å². The molecule has 0 radical (unpaired) electrons. The van der Waals surface area contributed by atoms with Crippen molar-refractivity contribution in [2.24, 2.45) is 5.92 Å². The molecular formula is C18H23N3O3. The number of likely N-dealkylation sites (tertiary alicyclic amines) is 1. The first-order valence-electron chi connectivity index (χ1n) is 8.46. The van der Waals surface area contributed by atoms with E-state index in [4.69, 9.17) is 4.74 Å². The number of ether oxygens (including phenoxy) is 1. The molecule has 0 atom stereocenters. The Morgan fingerprint density at radius 1 is 1.25 bits per heavy atom. The summed E-state index contributed by atoms with van der Waals surface area (Å²) in [6.07, 6.45) is 1.35. The van der Waals surface area contributed by atoms with Gasteiger partial charge in [0.1, 0.15) is 12.4 Å². The summed E-state index contributed by atoms with van der Waals surface area (Å²) in [7, 11) is 0. The Balaban J connectivity index is 1.64. The number of rotatable bonds is 4. The highest BCUT2D eigenvalue weighted by Gasteiger charge is 2.28. The van der Waals surface area contributed by atoms with Gasteiger partial charge in [0.2, 0.25) is 5.91 Å². The quantitative estimate of drug-likeness (QED) is 0.806. The highest BCUT2D eigenvalue weighted by atomic mass is 16.5. The number of hydrogen-bond acceptors (Lipinski definition) is 4. The van der Waals surface area contributed by atoms with Gasteiger partial charge in [0.25, 0.3) is 0 Å². The van der Waals surface area contributed by atoms with Gasteiger partial charge in [0, 0.05) is 13.1 Å². The van der Waals surface area contributed by atoms with Crippen molar-refractivity contribution in [3.05, 3.63) is 30.1 Å². The predicted octanol–water partition coefficient (Wildman–Crippen LogP) is 2.15. The molecule has 0 N–H and O–H groups in total. The van der Waals surface area contributed by atoms with Crippen molar-refractivity contribution >= 4 is 22.9 Å². The first kappa shape index (κ1) is 16.5. The Labute approximate surface area is 141 Å². The third-order valence-corrected chi connectivity index (χ3v) is 4.61.